The molecule has 0 saturated carbocycles. The van der Waals surface area contributed by atoms with Gasteiger partial charge in [-0.05, 0) is 31.2 Å². The number of rotatable bonds is 8. The number of methoxy groups -OCH3 is 1. The largest absolute Gasteiger partial charge is 0.392 e. The Hall–Kier alpha value is -3.65. The number of carbonyl (C=O) groups is 2. The van der Waals surface area contributed by atoms with Crippen LogP contribution in [0.15, 0.2) is 60.3 Å². The SMILES string of the molecule is C=CCO/N=C1\C[C@@H](C(=O)Nc2ccc3c(c2)c2ccccc2n3CC)N(C(=O)COC)C1. The van der Waals surface area contributed by atoms with Gasteiger partial charge >= 0.3 is 0 Å². The summed E-state index contributed by atoms with van der Waals surface area (Å²) < 4.78 is 7.24. The van der Waals surface area contributed by atoms with Crippen molar-refractivity contribution in [2.45, 2.75) is 25.9 Å². The Bertz CT molecular complexity index is 1230. The second kappa shape index (κ2) is 9.87. The molecule has 33 heavy (non-hydrogen) atoms. The van der Waals surface area contributed by atoms with E-state index in [1.807, 2.05) is 30.3 Å². The lowest BCUT2D eigenvalue weighted by atomic mass is 10.1. The number of nitrogens with one attached hydrogen (secondary N) is 1. The number of oxime groups is 1. The van der Waals surface area contributed by atoms with Crippen LogP contribution >= 0.6 is 0 Å². The second-order valence-corrected chi connectivity index (χ2v) is 7.90. The maximum atomic E-state index is 13.2. The zero-order valence-corrected chi connectivity index (χ0v) is 18.9. The maximum Gasteiger partial charge on any atom is 0.249 e. The monoisotopic (exact) mass is 448 g/mol. The van der Waals surface area contributed by atoms with Crippen LogP contribution in [-0.2, 0) is 25.7 Å². The topological polar surface area (TPSA) is 85.2 Å². The van der Waals surface area contributed by atoms with E-state index in [-0.39, 0.29) is 31.6 Å². The molecule has 2 heterocycles. The molecular formula is C25H28N4O4. The Kier molecular flexibility index (Phi) is 6.74. The Morgan fingerprint density at radius 2 is 2.00 bits per heavy atom. The zero-order chi connectivity index (χ0) is 23.4. The van der Waals surface area contributed by atoms with E-state index in [9.17, 15) is 9.59 Å². The van der Waals surface area contributed by atoms with Gasteiger partial charge in [-0.25, -0.2) is 0 Å². The number of fused-ring (bicyclic) bond motifs is 3. The van der Waals surface area contributed by atoms with Crippen LogP contribution in [0.4, 0.5) is 5.69 Å². The molecule has 1 N–H and O–H groups in total. The van der Waals surface area contributed by atoms with E-state index in [1.54, 1.807) is 6.08 Å². The van der Waals surface area contributed by atoms with E-state index in [0.717, 1.165) is 28.4 Å². The quantitative estimate of drug-likeness (QED) is 0.324. The van der Waals surface area contributed by atoms with E-state index >= 15 is 0 Å². The van der Waals surface area contributed by atoms with Crippen molar-refractivity contribution in [1.29, 1.82) is 0 Å². The molecule has 1 saturated heterocycles. The Morgan fingerprint density at radius 3 is 2.76 bits per heavy atom. The average molecular weight is 449 g/mol. The molecule has 172 valence electrons. The van der Waals surface area contributed by atoms with Gasteiger partial charge in [0.1, 0.15) is 19.3 Å². The summed E-state index contributed by atoms with van der Waals surface area (Å²) in [6, 6.07) is 13.4. The van der Waals surface area contributed by atoms with Crippen LogP contribution < -0.4 is 5.32 Å². The summed E-state index contributed by atoms with van der Waals surface area (Å²) in [4.78, 5) is 32.4. The van der Waals surface area contributed by atoms with Crippen LogP contribution in [0.1, 0.15) is 13.3 Å². The Labute approximate surface area is 192 Å². The van der Waals surface area contributed by atoms with Gasteiger partial charge in [0, 0.05) is 47.6 Å². The Balaban J connectivity index is 1.60. The van der Waals surface area contributed by atoms with Crippen LogP contribution in [0.25, 0.3) is 21.8 Å². The van der Waals surface area contributed by atoms with Crippen LogP contribution in [0, 0.1) is 0 Å². The fourth-order valence-corrected chi connectivity index (χ4v) is 4.35. The van der Waals surface area contributed by atoms with Crippen molar-refractivity contribution >= 4 is 45.0 Å². The van der Waals surface area contributed by atoms with Gasteiger partial charge in [-0.3, -0.25) is 9.59 Å². The maximum absolute atomic E-state index is 13.2. The lowest BCUT2D eigenvalue weighted by molar-refractivity contribution is -0.139. The van der Waals surface area contributed by atoms with E-state index in [4.69, 9.17) is 9.57 Å². The fraction of sp³-hybridized carbons (Fsp3) is 0.320. The minimum atomic E-state index is -0.689. The highest BCUT2D eigenvalue weighted by molar-refractivity contribution is 6.11. The van der Waals surface area contributed by atoms with Crippen molar-refractivity contribution in [3.05, 3.63) is 55.1 Å². The van der Waals surface area contributed by atoms with Gasteiger partial charge in [-0.1, -0.05) is 36.0 Å². The molecule has 1 fully saturated rings. The van der Waals surface area contributed by atoms with Crippen molar-refractivity contribution in [3.63, 3.8) is 0 Å². The number of amides is 2. The molecule has 1 aliphatic rings. The van der Waals surface area contributed by atoms with Crippen molar-refractivity contribution < 1.29 is 19.2 Å². The van der Waals surface area contributed by atoms with Gasteiger partial charge in [-0.15, -0.1) is 0 Å². The van der Waals surface area contributed by atoms with Crippen molar-refractivity contribution in [2.24, 2.45) is 5.16 Å². The molecule has 0 radical (unpaired) electrons. The summed E-state index contributed by atoms with van der Waals surface area (Å²) in [5.41, 5.74) is 3.58. The number of ether oxygens (including phenoxy) is 1. The van der Waals surface area contributed by atoms with Crippen molar-refractivity contribution in [3.8, 4) is 0 Å². The first kappa shape index (κ1) is 22.5. The highest BCUT2D eigenvalue weighted by Gasteiger charge is 2.38. The van der Waals surface area contributed by atoms with Crippen LogP contribution in [0.3, 0.4) is 0 Å². The zero-order valence-electron chi connectivity index (χ0n) is 18.9. The lowest BCUT2D eigenvalue weighted by Gasteiger charge is -2.23. The summed E-state index contributed by atoms with van der Waals surface area (Å²) in [6.07, 6.45) is 1.89. The molecule has 4 rings (SSSR count). The summed E-state index contributed by atoms with van der Waals surface area (Å²) in [6.45, 7) is 6.94. The molecule has 0 bridgehead atoms. The molecule has 3 aromatic rings. The van der Waals surface area contributed by atoms with Crippen LogP contribution in [0.2, 0.25) is 0 Å². The predicted molar refractivity (Wildman–Crippen MR) is 129 cm³/mol. The molecule has 8 heteroatoms. The third-order valence-electron chi connectivity index (χ3n) is 5.79. The summed E-state index contributed by atoms with van der Waals surface area (Å²) in [5.74, 6) is -0.542. The number of anilines is 1. The highest BCUT2D eigenvalue weighted by Crippen LogP contribution is 2.31. The van der Waals surface area contributed by atoms with Gasteiger partial charge in [0.15, 0.2) is 0 Å². The van der Waals surface area contributed by atoms with E-state index in [1.165, 1.54) is 12.0 Å². The number of carbonyl (C=O) groups excluding carboxylic acids is 2. The van der Waals surface area contributed by atoms with Gasteiger partial charge in [-0.2, -0.15) is 0 Å². The van der Waals surface area contributed by atoms with Crippen LogP contribution in [-0.4, -0.2) is 59.9 Å². The summed E-state index contributed by atoms with van der Waals surface area (Å²) in [7, 11) is 1.45. The molecule has 1 aliphatic heterocycles. The number of hydrogen-bond donors (Lipinski definition) is 1. The molecular weight excluding hydrogens is 420 g/mol. The first-order chi connectivity index (χ1) is 16.1. The van der Waals surface area contributed by atoms with Gasteiger partial charge in [0.05, 0.1) is 12.3 Å². The van der Waals surface area contributed by atoms with Gasteiger partial charge in [0.2, 0.25) is 11.8 Å². The molecule has 0 unspecified atom stereocenters. The number of hydrogen-bond acceptors (Lipinski definition) is 5. The molecule has 2 aromatic carbocycles. The molecule has 1 atom stereocenters. The number of aryl methyl sites for hydroxylation is 1. The third-order valence-corrected chi connectivity index (χ3v) is 5.79. The van der Waals surface area contributed by atoms with E-state index in [0.29, 0.717) is 17.8 Å². The normalized spacial score (nSPS) is 17.1. The second-order valence-electron chi connectivity index (χ2n) is 7.90. The van der Waals surface area contributed by atoms with Crippen LogP contribution in [0.5, 0.6) is 0 Å². The van der Waals surface area contributed by atoms with E-state index in [2.05, 4.69) is 40.7 Å². The predicted octanol–water partition coefficient (Wildman–Crippen LogP) is 3.56. The molecule has 8 nitrogen and oxygen atoms in total. The number of aromatic nitrogens is 1. The minimum absolute atomic E-state index is 0.104. The first-order valence-electron chi connectivity index (χ1n) is 11.0. The molecule has 0 spiro atoms. The summed E-state index contributed by atoms with van der Waals surface area (Å²) in [5, 5.41) is 9.26. The standard InChI is InChI=1S/C25H28N4O4/c1-4-12-33-27-18-14-23(29(15-18)24(30)16-32-3)25(31)26-17-10-11-22-20(13-17)19-8-6-7-9-21(19)28(22)5-2/h4,6-11,13,23H,1,5,12,14-16H2,2-3H3,(H,26,31)/b27-18+/t23-/m0/s1. The minimum Gasteiger partial charge on any atom is -0.392 e. The third kappa shape index (κ3) is 4.47. The molecule has 0 aliphatic carbocycles. The number of nitrogens with zero attached hydrogens (tertiary/aromatic N) is 3. The number of para-hydroxylation sites is 1. The molecule has 1 aromatic heterocycles. The number of likely N-dealkylation sites (tertiary alicyclic amines) is 1. The lowest BCUT2D eigenvalue weighted by Crippen LogP contribution is -2.44. The summed E-state index contributed by atoms with van der Waals surface area (Å²) >= 11 is 0. The Morgan fingerprint density at radius 1 is 1.21 bits per heavy atom. The molecule has 2 amide bonds. The van der Waals surface area contributed by atoms with Crippen molar-refractivity contribution in [1.82, 2.24) is 9.47 Å². The average Bonchev–Trinajstić information content (AvgIpc) is 3.39. The number of benzene rings is 2. The van der Waals surface area contributed by atoms with E-state index < -0.39 is 6.04 Å². The fourth-order valence-electron chi connectivity index (χ4n) is 4.35. The smallest absolute Gasteiger partial charge is 0.249 e. The van der Waals surface area contributed by atoms with Crippen molar-refractivity contribution in [2.75, 3.05) is 32.2 Å². The van der Waals surface area contributed by atoms with Gasteiger partial charge < -0.3 is 24.4 Å². The highest BCUT2D eigenvalue weighted by atomic mass is 16.6. The van der Waals surface area contributed by atoms with Gasteiger partial charge in [0.25, 0.3) is 0 Å². The first-order valence-corrected chi connectivity index (χ1v) is 11.0.